The number of H-pyrrole nitrogens is 2. The third-order valence-corrected chi connectivity index (χ3v) is 6.84. The Bertz CT molecular complexity index is 985. The largest absolute Gasteiger partial charge is 0.316 e. The molecular weight excluding hydrogens is 342 g/mol. The molecule has 25 heavy (non-hydrogen) atoms. The molecule has 1 aliphatic rings. The van der Waals surface area contributed by atoms with Crippen molar-refractivity contribution in [3.63, 3.8) is 0 Å². The van der Waals surface area contributed by atoms with Crippen LogP contribution in [-0.2, 0) is 10.0 Å². The van der Waals surface area contributed by atoms with Gasteiger partial charge in [0, 0.05) is 12.1 Å². The van der Waals surface area contributed by atoms with E-state index in [-0.39, 0.29) is 17.0 Å². The Labute approximate surface area is 146 Å². The molecule has 0 atom stereocenters. The molecular formula is C17H23N3O4S. The standard InChI is InChI=1S/C17H23N3O4S/c1-11(2)20(12-6-4-3-5-7-12)25(23,24)13-8-9-14-15(10-13)19-17(22)16(21)18-14/h8-12H,3-7H2,1-2H3,(H,18,21)(H,19,22). The summed E-state index contributed by atoms with van der Waals surface area (Å²) in [6.45, 7) is 3.76. The minimum atomic E-state index is -3.70. The summed E-state index contributed by atoms with van der Waals surface area (Å²) < 4.78 is 28.1. The van der Waals surface area contributed by atoms with Gasteiger partial charge in [-0.1, -0.05) is 19.3 Å². The summed E-state index contributed by atoms with van der Waals surface area (Å²) in [6.07, 6.45) is 4.96. The van der Waals surface area contributed by atoms with E-state index in [1.54, 1.807) is 4.31 Å². The van der Waals surface area contributed by atoms with Crippen molar-refractivity contribution in [3.05, 3.63) is 38.9 Å². The molecule has 1 aliphatic carbocycles. The van der Waals surface area contributed by atoms with E-state index in [0.29, 0.717) is 11.0 Å². The van der Waals surface area contributed by atoms with Gasteiger partial charge in [0.2, 0.25) is 10.0 Å². The lowest BCUT2D eigenvalue weighted by atomic mass is 9.95. The Balaban J connectivity index is 2.08. The van der Waals surface area contributed by atoms with Crippen LogP contribution < -0.4 is 11.1 Å². The van der Waals surface area contributed by atoms with Gasteiger partial charge in [0.1, 0.15) is 0 Å². The molecule has 0 spiro atoms. The lowest BCUT2D eigenvalue weighted by molar-refractivity contribution is 0.220. The van der Waals surface area contributed by atoms with E-state index in [9.17, 15) is 18.0 Å². The average molecular weight is 365 g/mol. The lowest BCUT2D eigenvalue weighted by Crippen LogP contribution is -2.45. The van der Waals surface area contributed by atoms with E-state index in [4.69, 9.17) is 0 Å². The molecule has 0 unspecified atom stereocenters. The number of aromatic nitrogens is 2. The summed E-state index contributed by atoms with van der Waals surface area (Å²) >= 11 is 0. The van der Waals surface area contributed by atoms with Crippen molar-refractivity contribution in [1.82, 2.24) is 14.3 Å². The summed E-state index contributed by atoms with van der Waals surface area (Å²) in [5, 5.41) is 0. The highest BCUT2D eigenvalue weighted by Crippen LogP contribution is 2.30. The molecule has 8 heteroatoms. The molecule has 1 fully saturated rings. The zero-order valence-electron chi connectivity index (χ0n) is 14.4. The molecule has 3 rings (SSSR count). The first-order valence-corrected chi connectivity index (χ1v) is 10.0. The third kappa shape index (κ3) is 3.41. The van der Waals surface area contributed by atoms with Crippen molar-refractivity contribution in [2.24, 2.45) is 0 Å². The minimum absolute atomic E-state index is 0.00377. The third-order valence-electron chi connectivity index (χ3n) is 4.71. The molecule has 1 saturated carbocycles. The lowest BCUT2D eigenvalue weighted by Gasteiger charge is -2.36. The number of nitrogens with one attached hydrogen (secondary N) is 2. The van der Waals surface area contributed by atoms with E-state index in [1.807, 2.05) is 13.8 Å². The van der Waals surface area contributed by atoms with Crippen LogP contribution in [0.4, 0.5) is 0 Å². The van der Waals surface area contributed by atoms with Crippen LogP contribution >= 0.6 is 0 Å². The summed E-state index contributed by atoms with van der Waals surface area (Å²) in [5.41, 5.74) is -0.848. The van der Waals surface area contributed by atoms with E-state index in [1.165, 1.54) is 18.2 Å². The van der Waals surface area contributed by atoms with Crippen LogP contribution in [0.3, 0.4) is 0 Å². The highest BCUT2D eigenvalue weighted by Gasteiger charge is 2.34. The van der Waals surface area contributed by atoms with Gasteiger partial charge >= 0.3 is 11.1 Å². The average Bonchev–Trinajstić information content (AvgIpc) is 2.56. The second-order valence-corrected chi connectivity index (χ2v) is 8.68. The first-order chi connectivity index (χ1) is 11.8. The number of fused-ring (bicyclic) bond motifs is 1. The van der Waals surface area contributed by atoms with Gasteiger partial charge in [-0.3, -0.25) is 9.59 Å². The highest BCUT2D eigenvalue weighted by atomic mass is 32.2. The molecule has 2 aromatic rings. The van der Waals surface area contributed by atoms with E-state index in [2.05, 4.69) is 9.97 Å². The van der Waals surface area contributed by atoms with Crippen LogP contribution in [0.15, 0.2) is 32.7 Å². The number of hydrogen-bond acceptors (Lipinski definition) is 4. The molecule has 136 valence electrons. The van der Waals surface area contributed by atoms with Gasteiger partial charge < -0.3 is 9.97 Å². The Morgan fingerprint density at radius 1 is 1.00 bits per heavy atom. The van der Waals surface area contributed by atoms with Crippen LogP contribution in [0, 0.1) is 0 Å². The number of sulfonamides is 1. The molecule has 1 aromatic heterocycles. The normalized spacial score (nSPS) is 16.8. The van der Waals surface area contributed by atoms with Gasteiger partial charge in [0.25, 0.3) is 0 Å². The SMILES string of the molecule is CC(C)N(C1CCCCC1)S(=O)(=O)c1ccc2[nH]c(=O)c(=O)[nH]c2c1. The minimum Gasteiger partial charge on any atom is -0.316 e. The van der Waals surface area contributed by atoms with Crippen LogP contribution in [-0.4, -0.2) is 34.8 Å². The van der Waals surface area contributed by atoms with Crippen molar-refractivity contribution < 1.29 is 8.42 Å². The number of benzene rings is 1. The van der Waals surface area contributed by atoms with Crippen molar-refractivity contribution in [2.75, 3.05) is 0 Å². The maximum Gasteiger partial charge on any atom is 0.314 e. The van der Waals surface area contributed by atoms with Crippen molar-refractivity contribution in [3.8, 4) is 0 Å². The quantitative estimate of drug-likeness (QED) is 0.808. The number of hydrogen-bond donors (Lipinski definition) is 2. The molecule has 1 heterocycles. The van der Waals surface area contributed by atoms with Crippen LogP contribution in [0.25, 0.3) is 11.0 Å². The zero-order valence-corrected chi connectivity index (χ0v) is 15.2. The van der Waals surface area contributed by atoms with Gasteiger partial charge in [-0.2, -0.15) is 4.31 Å². The van der Waals surface area contributed by atoms with Gasteiger partial charge in [-0.15, -0.1) is 0 Å². The fourth-order valence-corrected chi connectivity index (χ4v) is 5.52. The van der Waals surface area contributed by atoms with Crippen LogP contribution in [0.5, 0.6) is 0 Å². The summed E-state index contributed by atoms with van der Waals surface area (Å²) in [5.74, 6) is 0. The fourth-order valence-electron chi connectivity index (χ4n) is 3.61. The van der Waals surface area contributed by atoms with Crippen molar-refractivity contribution >= 4 is 21.1 Å². The molecule has 0 bridgehead atoms. The van der Waals surface area contributed by atoms with Crippen LogP contribution in [0.2, 0.25) is 0 Å². The summed E-state index contributed by atoms with van der Waals surface area (Å²) in [6, 6.07) is 4.26. The number of rotatable bonds is 4. The molecule has 0 saturated heterocycles. The van der Waals surface area contributed by atoms with Gasteiger partial charge in [0.15, 0.2) is 0 Å². The Kier molecular flexibility index (Phi) is 4.83. The number of aromatic amines is 2. The van der Waals surface area contributed by atoms with Gasteiger partial charge in [-0.05, 0) is 44.9 Å². The molecule has 0 amide bonds. The number of nitrogens with zero attached hydrogens (tertiary/aromatic N) is 1. The van der Waals surface area contributed by atoms with E-state index >= 15 is 0 Å². The predicted octanol–water partition coefficient (Wildman–Crippen LogP) is 1.95. The maximum absolute atomic E-state index is 13.2. The Morgan fingerprint density at radius 3 is 2.20 bits per heavy atom. The topological polar surface area (TPSA) is 103 Å². The predicted molar refractivity (Wildman–Crippen MR) is 96.2 cm³/mol. The Morgan fingerprint density at radius 2 is 1.60 bits per heavy atom. The van der Waals surface area contributed by atoms with Gasteiger partial charge in [-0.25, -0.2) is 8.42 Å². The fraction of sp³-hybridized carbons (Fsp3) is 0.529. The second-order valence-electron chi connectivity index (χ2n) is 6.84. The monoisotopic (exact) mass is 365 g/mol. The summed E-state index contributed by atoms with van der Waals surface area (Å²) in [4.78, 5) is 27.9. The molecule has 2 N–H and O–H groups in total. The molecule has 0 aliphatic heterocycles. The first kappa shape index (κ1) is 17.9. The van der Waals surface area contributed by atoms with E-state index < -0.39 is 21.1 Å². The molecule has 7 nitrogen and oxygen atoms in total. The maximum atomic E-state index is 13.2. The second kappa shape index (κ2) is 6.76. The summed E-state index contributed by atoms with van der Waals surface area (Å²) in [7, 11) is -3.70. The van der Waals surface area contributed by atoms with Crippen LogP contribution in [0.1, 0.15) is 46.0 Å². The van der Waals surface area contributed by atoms with Gasteiger partial charge in [0.05, 0.1) is 15.9 Å². The molecule has 0 radical (unpaired) electrons. The van der Waals surface area contributed by atoms with Crippen molar-refractivity contribution in [1.29, 1.82) is 0 Å². The Hall–Kier alpha value is -1.93. The first-order valence-electron chi connectivity index (χ1n) is 8.60. The smallest absolute Gasteiger partial charge is 0.314 e. The zero-order chi connectivity index (χ0) is 18.2. The van der Waals surface area contributed by atoms with E-state index in [0.717, 1.165) is 32.1 Å². The molecule has 1 aromatic carbocycles. The highest BCUT2D eigenvalue weighted by molar-refractivity contribution is 7.89. The van der Waals surface area contributed by atoms with Crippen molar-refractivity contribution in [2.45, 2.75) is 62.9 Å².